The highest BCUT2D eigenvalue weighted by Gasteiger charge is 2.32. The number of carbonyl (C=O) groups excluding carboxylic acids is 2. The number of nitrogens with zero attached hydrogens (tertiary/aromatic N) is 1. The average Bonchev–Trinajstić information content (AvgIpc) is 3.40. The van der Waals surface area contributed by atoms with Crippen molar-refractivity contribution in [3.8, 4) is 5.75 Å². The molecule has 1 unspecified atom stereocenters. The van der Waals surface area contributed by atoms with Crippen LogP contribution >= 0.6 is 0 Å². The van der Waals surface area contributed by atoms with E-state index < -0.39 is 6.04 Å². The molecule has 0 saturated heterocycles. The average molecular weight is 489 g/mol. The number of rotatable bonds is 10. The van der Waals surface area contributed by atoms with Crippen molar-refractivity contribution in [3.05, 3.63) is 101 Å². The van der Waals surface area contributed by atoms with Crippen LogP contribution in [0.4, 0.5) is 4.39 Å². The SMILES string of the molecule is Cc1ccc(OCC(=O)N(Cc2ccc(F)cc2)C(Cc2ccccc2)C(=O)NC2CCCC2)cc1. The zero-order valence-corrected chi connectivity index (χ0v) is 20.7. The first-order chi connectivity index (χ1) is 17.5. The van der Waals surface area contributed by atoms with Crippen LogP contribution in [0.3, 0.4) is 0 Å². The molecule has 4 rings (SSSR count). The molecule has 36 heavy (non-hydrogen) atoms. The predicted octanol–water partition coefficient (Wildman–Crippen LogP) is 5.21. The van der Waals surface area contributed by atoms with Crippen molar-refractivity contribution < 1.29 is 18.7 Å². The molecule has 1 N–H and O–H groups in total. The third-order valence-electron chi connectivity index (χ3n) is 6.62. The molecule has 2 amide bonds. The molecule has 3 aromatic carbocycles. The van der Waals surface area contributed by atoms with Gasteiger partial charge in [0.1, 0.15) is 17.6 Å². The second-order valence-electron chi connectivity index (χ2n) is 9.45. The summed E-state index contributed by atoms with van der Waals surface area (Å²) in [5.74, 6) is -0.233. The summed E-state index contributed by atoms with van der Waals surface area (Å²) >= 11 is 0. The smallest absolute Gasteiger partial charge is 0.261 e. The maximum atomic E-state index is 13.6. The van der Waals surface area contributed by atoms with E-state index in [4.69, 9.17) is 4.74 Å². The Hall–Kier alpha value is -3.67. The van der Waals surface area contributed by atoms with Gasteiger partial charge in [0.2, 0.25) is 5.91 Å². The molecule has 1 fully saturated rings. The van der Waals surface area contributed by atoms with Crippen molar-refractivity contribution in [2.24, 2.45) is 0 Å². The molecule has 0 heterocycles. The zero-order valence-electron chi connectivity index (χ0n) is 20.7. The minimum Gasteiger partial charge on any atom is -0.484 e. The molecule has 0 radical (unpaired) electrons. The number of benzene rings is 3. The van der Waals surface area contributed by atoms with Crippen molar-refractivity contribution in [1.29, 1.82) is 0 Å². The van der Waals surface area contributed by atoms with E-state index in [2.05, 4.69) is 5.32 Å². The fraction of sp³-hybridized carbons (Fsp3) is 0.333. The number of hydrogen-bond donors (Lipinski definition) is 1. The molecule has 188 valence electrons. The van der Waals surface area contributed by atoms with Crippen LogP contribution in [-0.4, -0.2) is 35.4 Å². The number of halogens is 1. The van der Waals surface area contributed by atoms with E-state index in [-0.39, 0.29) is 36.8 Å². The van der Waals surface area contributed by atoms with Crippen LogP contribution in [0, 0.1) is 12.7 Å². The Kier molecular flexibility index (Phi) is 8.71. The van der Waals surface area contributed by atoms with E-state index in [0.717, 1.165) is 42.4 Å². The number of carbonyl (C=O) groups is 2. The first kappa shape index (κ1) is 25.4. The fourth-order valence-electron chi connectivity index (χ4n) is 4.57. The topological polar surface area (TPSA) is 58.6 Å². The molecule has 0 bridgehead atoms. The van der Waals surface area contributed by atoms with Gasteiger partial charge in [0.15, 0.2) is 6.61 Å². The highest BCUT2D eigenvalue weighted by atomic mass is 19.1. The molecule has 0 aromatic heterocycles. The molecule has 1 aliphatic carbocycles. The highest BCUT2D eigenvalue weighted by molar-refractivity contribution is 5.88. The Labute approximate surface area is 212 Å². The summed E-state index contributed by atoms with van der Waals surface area (Å²) in [6, 6.07) is 22.6. The lowest BCUT2D eigenvalue weighted by molar-refractivity contribution is -0.143. The number of hydrogen-bond acceptors (Lipinski definition) is 3. The van der Waals surface area contributed by atoms with Crippen LogP contribution in [0.5, 0.6) is 5.75 Å². The monoisotopic (exact) mass is 488 g/mol. The molecule has 6 heteroatoms. The molecule has 1 aliphatic rings. The fourth-order valence-corrected chi connectivity index (χ4v) is 4.57. The van der Waals surface area contributed by atoms with Crippen molar-refractivity contribution in [1.82, 2.24) is 10.2 Å². The van der Waals surface area contributed by atoms with Crippen LogP contribution < -0.4 is 10.1 Å². The van der Waals surface area contributed by atoms with Gasteiger partial charge in [0, 0.05) is 19.0 Å². The molecule has 0 spiro atoms. The first-order valence-corrected chi connectivity index (χ1v) is 12.6. The number of aryl methyl sites for hydroxylation is 1. The Bertz CT molecular complexity index is 1130. The van der Waals surface area contributed by atoms with Gasteiger partial charge in [0.25, 0.3) is 5.91 Å². The van der Waals surface area contributed by atoms with E-state index in [0.29, 0.717) is 12.2 Å². The summed E-state index contributed by atoms with van der Waals surface area (Å²) < 4.78 is 19.3. The molecule has 1 saturated carbocycles. The number of amides is 2. The van der Waals surface area contributed by atoms with Gasteiger partial charge in [-0.3, -0.25) is 9.59 Å². The van der Waals surface area contributed by atoms with E-state index in [9.17, 15) is 14.0 Å². The third-order valence-corrected chi connectivity index (χ3v) is 6.62. The van der Waals surface area contributed by atoms with E-state index >= 15 is 0 Å². The van der Waals surface area contributed by atoms with Gasteiger partial charge in [-0.05, 0) is 55.2 Å². The van der Waals surface area contributed by atoms with Gasteiger partial charge in [-0.15, -0.1) is 0 Å². The summed E-state index contributed by atoms with van der Waals surface area (Å²) in [7, 11) is 0. The predicted molar refractivity (Wildman–Crippen MR) is 138 cm³/mol. The molecular formula is C30H33FN2O3. The lowest BCUT2D eigenvalue weighted by Crippen LogP contribution is -2.53. The van der Waals surface area contributed by atoms with Gasteiger partial charge in [-0.1, -0.05) is 73.0 Å². The van der Waals surface area contributed by atoms with Crippen molar-refractivity contribution >= 4 is 11.8 Å². The summed E-state index contributed by atoms with van der Waals surface area (Å²) in [6.07, 6.45) is 4.46. The minimum absolute atomic E-state index is 0.127. The third kappa shape index (κ3) is 7.17. The van der Waals surface area contributed by atoms with Gasteiger partial charge in [0.05, 0.1) is 0 Å². The van der Waals surface area contributed by atoms with Crippen LogP contribution in [-0.2, 0) is 22.6 Å². The van der Waals surface area contributed by atoms with Crippen LogP contribution in [0.1, 0.15) is 42.4 Å². The summed E-state index contributed by atoms with van der Waals surface area (Å²) in [4.78, 5) is 28.7. The standard InChI is InChI=1S/C30H33FN2O3/c1-22-11-17-27(18-12-22)36-21-29(34)33(20-24-13-15-25(31)16-14-24)28(19-23-7-3-2-4-8-23)30(35)32-26-9-5-6-10-26/h2-4,7-8,11-18,26,28H,5-6,9-10,19-21H2,1H3,(H,32,35). The molecular weight excluding hydrogens is 455 g/mol. The van der Waals surface area contributed by atoms with Crippen LogP contribution in [0.2, 0.25) is 0 Å². The lowest BCUT2D eigenvalue weighted by Gasteiger charge is -2.32. The normalized spacial score (nSPS) is 14.3. The molecule has 5 nitrogen and oxygen atoms in total. The van der Waals surface area contributed by atoms with Gasteiger partial charge in [-0.25, -0.2) is 4.39 Å². The quantitative estimate of drug-likeness (QED) is 0.426. The van der Waals surface area contributed by atoms with Gasteiger partial charge >= 0.3 is 0 Å². The van der Waals surface area contributed by atoms with Gasteiger partial charge < -0.3 is 15.0 Å². The maximum absolute atomic E-state index is 13.6. The minimum atomic E-state index is -0.729. The number of nitrogens with one attached hydrogen (secondary N) is 1. The number of ether oxygens (including phenoxy) is 1. The van der Waals surface area contributed by atoms with Crippen LogP contribution in [0.15, 0.2) is 78.9 Å². The maximum Gasteiger partial charge on any atom is 0.261 e. The van der Waals surface area contributed by atoms with Gasteiger partial charge in [-0.2, -0.15) is 0 Å². The Morgan fingerprint density at radius 3 is 2.28 bits per heavy atom. The zero-order chi connectivity index (χ0) is 25.3. The molecule has 1 atom stereocenters. The van der Waals surface area contributed by atoms with Crippen molar-refractivity contribution in [2.45, 2.75) is 57.7 Å². The lowest BCUT2D eigenvalue weighted by atomic mass is 10.0. The second kappa shape index (κ2) is 12.3. The highest BCUT2D eigenvalue weighted by Crippen LogP contribution is 2.20. The second-order valence-corrected chi connectivity index (χ2v) is 9.45. The van der Waals surface area contributed by atoms with Crippen molar-refractivity contribution in [2.75, 3.05) is 6.61 Å². The molecule has 0 aliphatic heterocycles. The van der Waals surface area contributed by atoms with Crippen LogP contribution in [0.25, 0.3) is 0 Å². The Morgan fingerprint density at radius 1 is 0.944 bits per heavy atom. The summed E-state index contributed by atoms with van der Waals surface area (Å²) in [6.45, 7) is 1.95. The molecule has 3 aromatic rings. The van der Waals surface area contributed by atoms with Crippen molar-refractivity contribution in [3.63, 3.8) is 0 Å². The summed E-state index contributed by atoms with van der Waals surface area (Å²) in [5.41, 5.74) is 2.80. The largest absolute Gasteiger partial charge is 0.484 e. The first-order valence-electron chi connectivity index (χ1n) is 12.6. The van der Waals surface area contributed by atoms with E-state index in [1.54, 1.807) is 17.0 Å². The Balaban J connectivity index is 1.59. The van der Waals surface area contributed by atoms with E-state index in [1.165, 1.54) is 12.1 Å². The Morgan fingerprint density at radius 2 is 1.61 bits per heavy atom. The van der Waals surface area contributed by atoms with E-state index in [1.807, 2.05) is 61.5 Å². The summed E-state index contributed by atoms with van der Waals surface area (Å²) in [5, 5.41) is 3.18.